The molecule has 0 N–H and O–H groups in total. The van der Waals surface area contributed by atoms with Crippen molar-refractivity contribution in [2.24, 2.45) is 5.41 Å². The molecule has 2 rings (SSSR count). The zero-order valence-electron chi connectivity index (χ0n) is 12.8. The van der Waals surface area contributed by atoms with Crippen LogP contribution in [-0.2, 0) is 0 Å². The van der Waals surface area contributed by atoms with E-state index in [1.54, 1.807) is 43.5 Å². The van der Waals surface area contributed by atoms with Crippen LogP contribution in [-0.4, -0.2) is 31.3 Å². The lowest BCUT2D eigenvalue weighted by Crippen LogP contribution is -2.41. The summed E-state index contributed by atoms with van der Waals surface area (Å²) >= 11 is 12.2. The Balaban J connectivity index is 2.15. The third-order valence-corrected chi connectivity index (χ3v) is 4.63. The Bertz CT molecular complexity index is 622. The molecule has 0 aromatic heterocycles. The highest BCUT2D eigenvalue weighted by Gasteiger charge is 2.38. The first-order valence-electron chi connectivity index (χ1n) is 7.14. The summed E-state index contributed by atoms with van der Waals surface area (Å²) in [6.45, 7) is 0.111. The fourth-order valence-electron chi connectivity index (χ4n) is 2.09. The number of alkyl halides is 2. The fraction of sp³-hybridized carbons (Fsp3) is 0.278. The SMILES string of the molecule is COc1ccc(OCC(CCl)(CCl)C(=O)c2ccccc2)cc1. The van der Waals surface area contributed by atoms with Crippen LogP contribution < -0.4 is 9.47 Å². The fourth-order valence-corrected chi connectivity index (χ4v) is 2.77. The molecule has 23 heavy (non-hydrogen) atoms. The van der Waals surface area contributed by atoms with Crippen LogP contribution in [0.4, 0.5) is 0 Å². The lowest BCUT2D eigenvalue weighted by atomic mass is 9.84. The number of Topliss-reactive ketones (excluding diaryl/α,β-unsaturated/α-hetero) is 1. The van der Waals surface area contributed by atoms with Gasteiger partial charge in [0.25, 0.3) is 0 Å². The van der Waals surface area contributed by atoms with Crippen molar-refractivity contribution >= 4 is 29.0 Å². The minimum Gasteiger partial charge on any atom is -0.497 e. The Labute approximate surface area is 146 Å². The van der Waals surface area contributed by atoms with Crippen LogP contribution in [0.1, 0.15) is 10.4 Å². The molecule has 122 valence electrons. The van der Waals surface area contributed by atoms with E-state index in [1.165, 1.54) is 0 Å². The molecule has 0 fully saturated rings. The Morgan fingerprint density at radius 1 is 0.957 bits per heavy atom. The zero-order chi connectivity index (χ0) is 16.7. The number of carbonyl (C=O) groups is 1. The second kappa shape index (κ2) is 8.23. The van der Waals surface area contributed by atoms with Crippen molar-refractivity contribution in [3.05, 3.63) is 60.2 Å². The van der Waals surface area contributed by atoms with Crippen molar-refractivity contribution in [1.29, 1.82) is 0 Å². The molecule has 5 heteroatoms. The zero-order valence-corrected chi connectivity index (χ0v) is 14.3. The molecule has 0 amide bonds. The van der Waals surface area contributed by atoms with Crippen molar-refractivity contribution in [1.82, 2.24) is 0 Å². The number of carbonyl (C=O) groups excluding carboxylic acids is 1. The normalized spacial score (nSPS) is 11.1. The van der Waals surface area contributed by atoms with Crippen molar-refractivity contribution < 1.29 is 14.3 Å². The molecule has 0 atom stereocenters. The van der Waals surface area contributed by atoms with Crippen molar-refractivity contribution in [2.75, 3.05) is 25.5 Å². The van der Waals surface area contributed by atoms with Crippen LogP contribution in [0.5, 0.6) is 11.5 Å². The average molecular weight is 353 g/mol. The summed E-state index contributed by atoms with van der Waals surface area (Å²) < 4.78 is 10.9. The molecule has 0 spiro atoms. The number of halogens is 2. The largest absolute Gasteiger partial charge is 0.497 e. The standard InChI is InChI=1S/C18H18Cl2O3/c1-22-15-7-9-16(10-8-15)23-13-18(11-19,12-20)17(21)14-5-3-2-4-6-14/h2-10H,11-13H2,1H3. The number of methoxy groups -OCH3 is 1. The minimum atomic E-state index is -0.968. The van der Waals surface area contributed by atoms with E-state index >= 15 is 0 Å². The van der Waals surface area contributed by atoms with Gasteiger partial charge in [-0.05, 0) is 24.3 Å². The molecule has 0 aliphatic carbocycles. The summed E-state index contributed by atoms with van der Waals surface area (Å²) in [5.74, 6) is 1.42. The average Bonchev–Trinajstić information content (AvgIpc) is 2.64. The van der Waals surface area contributed by atoms with Gasteiger partial charge in [-0.15, -0.1) is 23.2 Å². The second-order valence-corrected chi connectivity index (χ2v) is 5.74. The molecule has 0 bridgehead atoms. The van der Waals surface area contributed by atoms with Gasteiger partial charge < -0.3 is 9.47 Å². The number of hydrogen-bond acceptors (Lipinski definition) is 3. The topological polar surface area (TPSA) is 35.5 Å². The van der Waals surface area contributed by atoms with Gasteiger partial charge in [0, 0.05) is 17.3 Å². The summed E-state index contributed by atoms with van der Waals surface area (Å²) in [5.41, 5.74) is -0.392. The molecule has 2 aromatic carbocycles. The highest BCUT2D eigenvalue weighted by molar-refractivity contribution is 6.25. The maximum Gasteiger partial charge on any atom is 0.174 e. The first kappa shape index (κ1) is 17.6. The monoisotopic (exact) mass is 352 g/mol. The van der Waals surface area contributed by atoms with E-state index in [9.17, 15) is 4.79 Å². The van der Waals surface area contributed by atoms with Gasteiger partial charge in [0.15, 0.2) is 5.78 Å². The molecule has 0 unspecified atom stereocenters. The van der Waals surface area contributed by atoms with Gasteiger partial charge >= 0.3 is 0 Å². The van der Waals surface area contributed by atoms with E-state index in [0.29, 0.717) is 11.3 Å². The first-order valence-corrected chi connectivity index (χ1v) is 8.21. The highest BCUT2D eigenvalue weighted by Crippen LogP contribution is 2.29. The maximum atomic E-state index is 12.8. The van der Waals surface area contributed by atoms with Crippen LogP contribution in [0.15, 0.2) is 54.6 Å². The molecular formula is C18H18Cl2O3. The third-order valence-electron chi connectivity index (χ3n) is 3.60. The third kappa shape index (κ3) is 4.18. The Morgan fingerprint density at radius 2 is 1.52 bits per heavy atom. The van der Waals surface area contributed by atoms with Crippen molar-refractivity contribution in [3.63, 3.8) is 0 Å². The van der Waals surface area contributed by atoms with Crippen LogP contribution in [0, 0.1) is 5.41 Å². The van der Waals surface area contributed by atoms with Crippen LogP contribution >= 0.6 is 23.2 Å². The van der Waals surface area contributed by atoms with Crippen LogP contribution in [0.25, 0.3) is 0 Å². The van der Waals surface area contributed by atoms with E-state index in [0.717, 1.165) is 5.75 Å². The lowest BCUT2D eigenvalue weighted by Gasteiger charge is -2.28. The van der Waals surface area contributed by atoms with E-state index in [-0.39, 0.29) is 24.2 Å². The molecule has 0 radical (unpaired) electrons. The quantitative estimate of drug-likeness (QED) is 0.521. The molecule has 2 aromatic rings. The van der Waals surface area contributed by atoms with Gasteiger partial charge in [0.2, 0.25) is 0 Å². The molecule has 0 aliphatic heterocycles. The number of ketones is 1. The molecule has 0 aliphatic rings. The van der Waals surface area contributed by atoms with Crippen LogP contribution in [0.3, 0.4) is 0 Å². The van der Waals surface area contributed by atoms with E-state index < -0.39 is 5.41 Å². The first-order chi connectivity index (χ1) is 11.1. The summed E-state index contributed by atoms with van der Waals surface area (Å²) in [7, 11) is 1.60. The Morgan fingerprint density at radius 3 is 2.04 bits per heavy atom. The Kier molecular flexibility index (Phi) is 6.31. The van der Waals surface area contributed by atoms with Gasteiger partial charge in [0.05, 0.1) is 12.5 Å². The highest BCUT2D eigenvalue weighted by atomic mass is 35.5. The maximum absolute atomic E-state index is 12.8. The number of ether oxygens (including phenoxy) is 2. The van der Waals surface area contributed by atoms with Gasteiger partial charge in [0.1, 0.15) is 18.1 Å². The summed E-state index contributed by atoms with van der Waals surface area (Å²) in [5, 5.41) is 0. The second-order valence-electron chi connectivity index (χ2n) is 5.21. The van der Waals surface area contributed by atoms with E-state index in [4.69, 9.17) is 32.7 Å². The van der Waals surface area contributed by atoms with Gasteiger partial charge in [-0.25, -0.2) is 0 Å². The minimum absolute atomic E-state index is 0.0837. The van der Waals surface area contributed by atoms with Crippen molar-refractivity contribution in [2.45, 2.75) is 0 Å². The number of rotatable bonds is 8. The number of hydrogen-bond donors (Lipinski definition) is 0. The van der Waals surface area contributed by atoms with Crippen molar-refractivity contribution in [3.8, 4) is 11.5 Å². The molecule has 0 heterocycles. The molecular weight excluding hydrogens is 335 g/mol. The molecule has 0 saturated carbocycles. The molecule has 0 saturated heterocycles. The van der Waals surface area contributed by atoms with Gasteiger partial charge in [-0.2, -0.15) is 0 Å². The Hall–Kier alpha value is -1.71. The van der Waals surface area contributed by atoms with Crippen LogP contribution in [0.2, 0.25) is 0 Å². The van der Waals surface area contributed by atoms with Gasteiger partial charge in [-0.3, -0.25) is 4.79 Å². The summed E-state index contributed by atoms with van der Waals surface area (Å²) in [4.78, 5) is 12.8. The predicted octanol–water partition coefficient (Wildman–Crippen LogP) is 4.42. The lowest BCUT2D eigenvalue weighted by molar-refractivity contribution is 0.0764. The predicted molar refractivity (Wildman–Crippen MR) is 93.1 cm³/mol. The number of benzene rings is 2. The van der Waals surface area contributed by atoms with E-state index in [1.807, 2.05) is 18.2 Å². The van der Waals surface area contributed by atoms with E-state index in [2.05, 4.69) is 0 Å². The molecule has 3 nitrogen and oxygen atoms in total. The smallest absolute Gasteiger partial charge is 0.174 e. The summed E-state index contributed by atoms with van der Waals surface area (Å²) in [6.07, 6.45) is 0. The summed E-state index contributed by atoms with van der Waals surface area (Å²) in [6, 6.07) is 16.1. The van der Waals surface area contributed by atoms with Gasteiger partial charge in [-0.1, -0.05) is 30.3 Å².